The quantitative estimate of drug-likeness (QED) is 0.382. The van der Waals surface area contributed by atoms with Gasteiger partial charge in [0.1, 0.15) is 13.2 Å². The Morgan fingerprint density at radius 1 is 0.958 bits per heavy atom. The van der Waals surface area contributed by atoms with E-state index in [4.69, 9.17) is 9.47 Å². The highest BCUT2D eigenvalue weighted by Gasteiger charge is 2.30. The van der Waals surface area contributed by atoms with E-state index < -0.39 is 0 Å². The van der Waals surface area contributed by atoms with Gasteiger partial charge in [0.2, 0.25) is 0 Å². The third-order valence-corrected chi connectivity index (χ3v) is 7.06. The molecule has 0 N–H and O–H groups in total. The maximum Gasteiger partial charge on any atom is 0.158 e. The molecule has 24 heavy (non-hydrogen) atoms. The van der Waals surface area contributed by atoms with Crippen molar-refractivity contribution in [1.82, 2.24) is 0 Å². The van der Waals surface area contributed by atoms with Crippen LogP contribution in [0.25, 0.3) is 0 Å². The molecule has 0 aromatic rings. The lowest BCUT2D eigenvalue weighted by Crippen LogP contribution is -2.32. The summed E-state index contributed by atoms with van der Waals surface area (Å²) in [5.74, 6) is 2.53. The Labute approximate surface area is 155 Å². The Morgan fingerprint density at radius 3 is 2.08 bits per heavy atom. The highest BCUT2D eigenvalue weighted by Crippen LogP contribution is 2.40. The van der Waals surface area contributed by atoms with Gasteiger partial charge in [0.25, 0.3) is 0 Å². The molecule has 1 fully saturated rings. The van der Waals surface area contributed by atoms with Gasteiger partial charge in [-0.15, -0.1) is 0 Å². The zero-order valence-electron chi connectivity index (χ0n) is 15.1. The van der Waals surface area contributed by atoms with Crippen LogP contribution in [-0.4, -0.2) is 60.0 Å². The largest absolute Gasteiger partial charge is 0.371 e. The summed E-state index contributed by atoms with van der Waals surface area (Å²) < 4.78 is 10.3. The molecule has 0 spiro atoms. The summed E-state index contributed by atoms with van der Waals surface area (Å²) in [5, 5.41) is 1.65. The van der Waals surface area contributed by atoms with E-state index >= 15 is 0 Å². The number of Topliss-reactive ketones (excluding diaryl/α,β-unsaturated/α-hetero) is 2. The van der Waals surface area contributed by atoms with Crippen molar-refractivity contribution < 1.29 is 19.1 Å². The van der Waals surface area contributed by atoms with Gasteiger partial charge in [0, 0.05) is 16.9 Å². The fourth-order valence-corrected chi connectivity index (χ4v) is 5.45. The first-order chi connectivity index (χ1) is 11.6. The van der Waals surface area contributed by atoms with Gasteiger partial charge in [-0.3, -0.25) is 9.59 Å². The average Bonchev–Trinajstić information content (AvgIpc) is 2.53. The second-order valence-electron chi connectivity index (χ2n) is 6.20. The number of hydrogen-bond acceptors (Lipinski definition) is 6. The molecule has 1 rings (SSSR count). The monoisotopic (exact) mass is 376 g/mol. The van der Waals surface area contributed by atoms with E-state index in [1.165, 1.54) is 38.4 Å². The van der Waals surface area contributed by atoms with Crippen molar-refractivity contribution in [3.63, 3.8) is 0 Å². The van der Waals surface area contributed by atoms with Crippen molar-refractivity contribution in [2.45, 2.75) is 62.9 Å². The Bertz CT molecular complexity index is 363. The lowest BCUT2D eigenvalue weighted by atomic mass is 9.99. The van der Waals surface area contributed by atoms with E-state index in [1.54, 1.807) is 0 Å². The SMILES string of the molecule is CCCCSC1CCC1SCCCC(=O)COCCOCC(C)=O. The van der Waals surface area contributed by atoms with Crippen molar-refractivity contribution in [3.8, 4) is 0 Å². The molecule has 0 amide bonds. The van der Waals surface area contributed by atoms with E-state index in [2.05, 4.69) is 18.7 Å². The number of ether oxygens (including phenoxy) is 2. The molecule has 1 aliphatic rings. The molecule has 2 unspecified atom stereocenters. The molecule has 140 valence electrons. The maximum absolute atomic E-state index is 11.7. The molecule has 2 atom stereocenters. The molecule has 1 saturated carbocycles. The van der Waals surface area contributed by atoms with Crippen LogP contribution < -0.4 is 0 Å². The van der Waals surface area contributed by atoms with Crippen LogP contribution in [0.2, 0.25) is 0 Å². The summed E-state index contributed by atoms with van der Waals surface area (Å²) in [6.45, 7) is 4.74. The standard InChI is InChI=1S/C18H32O4S2/c1-3-4-11-23-17-7-8-18(17)24-12-5-6-16(20)14-22-10-9-21-13-15(2)19/h17-18H,3-14H2,1-2H3. The lowest BCUT2D eigenvalue weighted by Gasteiger charge is -2.35. The summed E-state index contributed by atoms with van der Waals surface area (Å²) >= 11 is 4.18. The number of rotatable bonds is 16. The molecule has 4 nitrogen and oxygen atoms in total. The Kier molecular flexibility index (Phi) is 13.0. The number of hydrogen-bond donors (Lipinski definition) is 0. The predicted molar refractivity (Wildman–Crippen MR) is 103 cm³/mol. The van der Waals surface area contributed by atoms with E-state index in [0.29, 0.717) is 19.6 Å². The van der Waals surface area contributed by atoms with E-state index in [9.17, 15) is 9.59 Å². The average molecular weight is 377 g/mol. The van der Waals surface area contributed by atoms with E-state index in [1.807, 2.05) is 11.8 Å². The second-order valence-corrected chi connectivity index (χ2v) is 8.89. The van der Waals surface area contributed by atoms with E-state index in [0.717, 1.165) is 22.7 Å². The van der Waals surface area contributed by atoms with Crippen LogP contribution in [0.4, 0.5) is 0 Å². The molecule has 0 radical (unpaired) electrons. The molecule has 0 heterocycles. The van der Waals surface area contributed by atoms with Crippen LogP contribution in [0.15, 0.2) is 0 Å². The molecule has 0 bridgehead atoms. The van der Waals surface area contributed by atoms with Gasteiger partial charge in [-0.25, -0.2) is 0 Å². The summed E-state index contributed by atoms with van der Waals surface area (Å²) in [6, 6.07) is 0. The Balaban J connectivity index is 1.90. The molecule has 0 aliphatic heterocycles. The maximum atomic E-state index is 11.7. The predicted octanol–water partition coefficient (Wildman–Crippen LogP) is 3.76. The minimum absolute atomic E-state index is 0.000965. The summed E-state index contributed by atoms with van der Waals surface area (Å²) in [7, 11) is 0. The van der Waals surface area contributed by atoms with Crippen molar-refractivity contribution in [2.24, 2.45) is 0 Å². The summed E-state index contributed by atoms with van der Waals surface area (Å²) in [5.41, 5.74) is 0. The molecule has 1 aliphatic carbocycles. The minimum Gasteiger partial charge on any atom is -0.371 e. The fourth-order valence-electron chi connectivity index (χ4n) is 2.30. The molecule has 0 aromatic carbocycles. The molecular formula is C18H32O4S2. The van der Waals surface area contributed by atoms with Crippen molar-refractivity contribution in [3.05, 3.63) is 0 Å². The fraction of sp³-hybridized carbons (Fsp3) is 0.889. The van der Waals surface area contributed by atoms with Crippen LogP contribution >= 0.6 is 23.5 Å². The zero-order chi connectivity index (χ0) is 17.6. The molecule has 0 aromatic heterocycles. The van der Waals surface area contributed by atoms with Gasteiger partial charge >= 0.3 is 0 Å². The van der Waals surface area contributed by atoms with Crippen LogP contribution in [0.5, 0.6) is 0 Å². The van der Waals surface area contributed by atoms with Crippen LogP contribution in [-0.2, 0) is 19.1 Å². The van der Waals surface area contributed by atoms with Gasteiger partial charge in [0.15, 0.2) is 11.6 Å². The van der Waals surface area contributed by atoms with Crippen LogP contribution in [0.1, 0.15) is 52.4 Å². The van der Waals surface area contributed by atoms with Gasteiger partial charge in [-0.1, -0.05) is 13.3 Å². The minimum atomic E-state index is 0.000965. The smallest absolute Gasteiger partial charge is 0.158 e. The van der Waals surface area contributed by atoms with Gasteiger partial charge in [0.05, 0.1) is 13.2 Å². The lowest BCUT2D eigenvalue weighted by molar-refractivity contribution is -0.126. The van der Waals surface area contributed by atoms with E-state index in [-0.39, 0.29) is 24.8 Å². The number of carbonyl (C=O) groups excluding carboxylic acids is 2. The summed E-state index contributed by atoms with van der Waals surface area (Å²) in [4.78, 5) is 22.4. The van der Waals surface area contributed by atoms with Crippen LogP contribution in [0.3, 0.4) is 0 Å². The highest BCUT2D eigenvalue weighted by molar-refractivity contribution is 8.03. The van der Waals surface area contributed by atoms with Gasteiger partial charge < -0.3 is 9.47 Å². The Morgan fingerprint density at radius 2 is 1.54 bits per heavy atom. The second kappa shape index (κ2) is 14.2. The van der Waals surface area contributed by atoms with Crippen molar-refractivity contribution >= 4 is 35.1 Å². The number of thioether (sulfide) groups is 2. The number of carbonyl (C=O) groups is 2. The molecular weight excluding hydrogens is 344 g/mol. The zero-order valence-corrected chi connectivity index (χ0v) is 16.7. The van der Waals surface area contributed by atoms with Gasteiger partial charge in [-0.2, -0.15) is 23.5 Å². The summed E-state index contributed by atoms with van der Waals surface area (Å²) in [6.07, 6.45) is 6.85. The topological polar surface area (TPSA) is 52.6 Å². The molecule has 0 saturated heterocycles. The first-order valence-electron chi connectivity index (χ1n) is 9.03. The number of ketones is 2. The first kappa shape index (κ1) is 22.0. The first-order valence-corrected chi connectivity index (χ1v) is 11.1. The van der Waals surface area contributed by atoms with Crippen molar-refractivity contribution in [1.29, 1.82) is 0 Å². The Hall–Kier alpha value is -0.0400. The number of unbranched alkanes of at least 4 members (excludes halogenated alkanes) is 1. The van der Waals surface area contributed by atoms with Gasteiger partial charge in [-0.05, 0) is 44.1 Å². The molecule has 6 heteroatoms. The highest BCUT2D eigenvalue weighted by atomic mass is 32.2. The normalized spacial score (nSPS) is 19.9. The van der Waals surface area contributed by atoms with Crippen LogP contribution in [0, 0.1) is 0 Å². The third-order valence-electron chi connectivity index (χ3n) is 3.85. The van der Waals surface area contributed by atoms with Crippen molar-refractivity contribution in [2.75, 3.05) is 37.9 Å². The third kappa shape index (κ3) is 10.7.